The van der Waals surface area contributed by atoms with Gasteiger partial charge >= 0.3 is 0 Å². The molecule has 0 nitrogen and oxygen atoms in total. The third-order valence-electron chi connectivity index (χ3n) is 11.0. The monoisotopic (exact) mass is 614 g/mol. The van der Waals surface area contributed by atoms with Crippen molar-refractivity contribution in [2.75, 3.05) is 0 Å². The van der Waals surface area contributed by atoms with Crippen LogP contribution in [-0.4, -0.2) is 0 Å². The van der Waals surface area contributed by atoms with Crippen LogP contribution in [0.5, 0.6) is 0 Å². The first-order chi connectivity index (χ1) is 22.0. The van der Waals surface area contributed by atoms with Crippen LogP contribution in [0, 0.1) is 35.2 Å². The van der Waals surface area contributed by atoms with Crippen molar-refractivity contribution in [3.05, 3.63) is 95.3 Å². The van der Waals surface area contributed by atoms with Gasteiger partial charge < -0.3 is 0 Å². The Hall–Kier alpha value is -2.81. The summed E-state index contributed by atoms with van der Waals surface area (Å²) < 4.78 is 45.4. The van der Waals surface area contributed by atoms with Gasteiger partial charge in [0.05, 0.1) is 0 Å². The maximum absolute atomic E-state index is 15.4. The SMILES string of the molecule is C/C=C/CCC1CCC(C2CCC(c3ccc(-c4ccc(-c5ccc(CCCCCCC)c(F)c5F)cc4)c(F)c3)CC2)CC1. The summed E-state index contributed by atoms with van der Waals surface area (Å²) in [6.45, 7) is 4.28. The fourth-order valence-electron chi connectivity index (χ4n) is 8.14. The number of hydrogen-bond acceptors (Lipinski definition) is 0. The molecule has 242 valence electrons. The van der Waals surface area contributed by atoms with Crippen molar-refractivity contribution in [1.82, 2.24) is 0 Å². The summed E-state index contributed by atoms with van der Waals surface area (Å²) in [5.41, 5.74) is 3.70. The molecular weight excluding hydrogens is 561 g/mol. The van der Waals surface area contributed by atoms with Crippen LogP contribution in [0.4, 0.5) is 13.2 Å². The first-order valence-corrected chi connectivity index (χ1v) is 18.0. The van der Waals surface area contributed by atoms with Crippen LogP contribution in [0.25, 0.3) is 22.3 Å². The Kier molecular flexibility index (Phi) is 12.4. The Morgan fingerprint density at radius 1 is 0.667 bits per heavy atom. The summed E-state index contributed by atoms with van der Waals surface area (Å²) in [5, 5.41) is 0. The number of aryl methyl sites for hydroxylation is 1. The number of allylic oxidation sites excluding steroid dienone is 2. The molecule has 0 aromatic heterocycles. The van der Waals surface area contributed by atoms with Gasteiger partial charge in [0.2, 0.25) is 0 Å². The second kappa shape index (κ2) is 16.7. The molecule has 3 heteroatoms. The average molecular weight is 615 g/mol. The van der Waals surface area contributed by atoms with Crippen LogP contribution in [0.3, 0.4) is 0 Å². The molecule has 0 N–H and O–H groups in total. The van der Waals surface area contributed by atoms with Gasteiger partial charge in [-0.2, -0.15) is 0 Å². The molecule has 0 aliphatic heterocycles. The molecular formula is C42H53F3. The van der Waals surface area contributed by atoms with Crippen molar-refractivity contribution < 1.29 is 13.2 Å². The fourth-order valence-corrected chi connectivity index (χ4v) is 8.14. The third kappa shape index (κ3) is 8.72. The minimum Gasteiger partial charge on any atom is -0.206 e. The van der Waals surface area contributed by atoms with E-state index < -0.39 is 11.6 Å². The van der Waals surface area contributed by atoms with E-state index in [9.17, 15) is 4.39 Å². The number of unbranched alkanes of at least 4 members (excludes halogenated alkanes) is 4. The topological polar surface area (TPSA) is 0 Å². The summed E-state index contributed by atoms with van der Waals surface area (Å²) in [6.07, 6.45) is 23.4. The van der Waals surface area contributed by atoms with Gasteiger partial charge in [-0.25, -0.2) is 13.2 Å². The lowest BCUT2D eigenvalue weighted by atomic mass is 9.68. The summed E-state index contributed by atoms with van der Waals surface area (Å²) >= 11 is 0. The van der Waals surface area contributed by atoms with Crippen LogP contribution in [-0.2, 0) is 6.42 Å². The lowest BCUT2D eigenvalue weighted by Gasteiger charge is -2.38. The molecule has 2 fully saturated rings. The summed E-state index contributed by atoms with van der Waals surface area (Å²) in [5.74, 6) is 1.31. The summed E-state index contributed by atoms with van der Waals surface area (Å²) in [6, 6.07) is 16.3. The average Bonchev–Trinajstić information content (AvgIpc) is 3.07. The third-order valence-corrected chi connectivity index (χ3v) is 11.0. The van der Waals surface area contributed by atoms with Crippen LogP contribution < -0.4 is 0 Å². The zero-order valence-corrected chi connectivity index (χ0v) is 27.6. The van der Waals surface area contributed by atoms with Crippen molar-refractivity contribution in [2.45, 2.75) is 122 Å². The molecule has 0 radical (unpaired) electrons. The van der Waals surface area contributed by atoms with Gasteiger partial charge in [0.25, 0.3) is 0 Å². The first kappa shape index (κ1) is 33.6. The molecule has 5 rings (SSSR count). The highest BCUT2D eigenvalue weighted by Gasteiger charge is 2.31. The van der Waals surface area contributed by atoms with E-state index in [1.165, 1.54) is 57.8 Å². The lowest BCUT2D eigenvalue weighted by Crippen LogP contribution is -2.25. The standard InChI is InChI=1S/C42H53F3/c1-3-5-7-8-10-12-36-25-28-39(42(45)41(36)44)35-23-21-34(22-24-35)38-27-26-37(29-40(38)43)33-19-17-32(18-20-33)31-15-13-30(14-16-31)11-9-6-4-2/h4,6,21-33H,3,5,7-20H2,1-2H3/b6-4+. The van der Waals surface area contributed by atoms with Crippen LogP contribution in [0.15, 0.2) is 66.7 Å². The van der Waals surface area contributed by atoms with Crippen LogP contribution in [0.1, 0.15) is 127 Å². The lowest BCUT2D eigenvalue weighted by molar-refractivity contribution is 0.157. The predicted octanol–water partition coefficient (Wildman–Crippen LogP) is 13.4. The molecule has 45 heavy (non-hydrogen) atoms. The Labute approximate surface area is 270 Å². The van der Waals surface area contributed by atoms with Gasteiger partial charge in [0.15, 0.2) is 11.6 Å². The van der Waals surface area contributed by atoms with Gasteiger partial charge in [0, 0.05) is 11.1 Å². The Balaban J connectivity index is 1.15. The zero-order valence-electron chi connectivity index (χ0n) is 27.6. The summed E-state index contributed by atoms with van der Waals surface area (Å²) in [4.78, 5) is 0. The van der Waals surface area contributed by atoms with Crippen LogP contribution in [0.2, 0.25) is 0 Å². The molecule has 0 heterocycles. The minimum atomic E-state index is -0.799. The quantitative estimate of drug-likeness (QED) is 0.133. The number of hydrogen-bond donors (Lipinski definition) is 0. The molecule has 0 spiro atoms. The fraction of sp³-hybridized carbons (Fsp3) is 0.524. The largest absolute Gasteiger partial charge is 0.206 e. The van der Waals surface area contributed by atoms with Crippen molar-refractivity contribution >= 4 is 0 Å². The Morgan fingerprint density at radius 2 is 1.29 bits per heavy atom. The van der Waals surface area contributed by atoms with E-state index in [4.69, 9.17) is 0 Å². The smallest absolute Gasteiger partial charge is 0.166 e. The Morgan fingerprint density at radius 3 is 1.93 bits per heavy atom. The highest BCUT2D eigenvalue weighted by Crippen LogP contribution is 2.45. The maximum Gasteiger partial charge on any atom is 0.166 e. The van der Waals surface area contributed by atoms with Crippen molar-refractivity contribution in [3.8, 4) is 22.3 Å². The minimum absolute atomic E-state index is 0.209. The molecule has 3 aromatic rings. The molecule has 0 unspecified atom stereocenters. The molecule has 0 amide bonds. The second-order valence-electron chi connectivity index (χ2n) is 13.9. The number of benzene rings is 3. The predicted molar refractivity (Wildman–Crippen MR) is 184 cm³/mol. The molecule has 2 saturated carbocycles. The number of rotatable bonds is 13. The van der Waals surface area contributed by atoms with E-state index in [0.717, 1.165) is 67.4 Å². The van der Waals surface area contributed by atoms with E-state index in [1.807, 2.05) is 18.2 Å². The van der Waals surface area contributed by atoms with Crippen LogP contribution >= 0.6 is 0 Å². The molecule has 0 bridgehead atoms. The van der Waals surface area contributed by atoms with E-state index >= 15 is 8.78 Å². The normalized spacial score (nSPS) is 22.2. The second-order valence-corrected chi connectivity index (χ2v) is 13.9. The molecule has 0 saturated heterocycles. The van der Waals surface area contributed by atoms with Gasteiger partial charge in [-0.15, -0.1) is 0 Å². The van der Waals surface area contributed by atoms with Gasteiger partial charge in [0.1, 0.15) is 5.82 Å². The molecule has 2 aliphatic rings. The van der Waals surface area contributed by atoms with Gasteiger partial charge in [-0.1, -0.05) is 106 Å². The Bertz CT molecular complexity index is 1370. The maximum atomic E-state index is 15.4. The van der Waals surface area contributed by atoms with Crippen molar-refractivity contribution in [3.63, 3.8) is 0 Å². The van der Waals surface area contributed by atoms with E-state index in [2.05, 4.69) is 32.1 Å². The zero-order chi connectivity index (χ0) is 31.6. The molecule has 0 atom stereocenters. The van der Waals surface area contributed by atoms with Crippen molar-refractivity contribution in [2.24, 2.45) is 17.8 Å². The van der Waals surface area contributed by atoms with E-state index in [1.54, 1.807) is 30.3 Å². The van der Waals surface area contributed by atoms with Crippen molar-refractivity contribution in [1.29, 1.82) is 0 Å². The first-order valence-electron chi connectivity index (χ1n) is 18.0. The van der Waals surface area contributed by atoms with Gasteiger partial charge in [-0.3, -0.25) is 0 Å². The number of halogens is 3. The summed E-state index contributed by atoms with van der Waals surface area (Å²) in [7, 11) is 0. The highest BCUT2D eigenvalue weighted by atomic mass is 19.2. The van der Waals surface area contributed by atoms with Gasteiger partial charge in [-0.05, 0) is 123 Å². The molecule has 2 aliphatic carbocycles. The van der Waals surface area contributed by atoms with E-state index in [0.29, 0.717) is 29.0 Å². The highest BCUT2D eigenvalue weighted by molar-refractivity contribution is 5.71. The van der Waals surface area contributed by atoms with E-state index in [-0.39, 0.29) is 11.4 Å². The molecule has 3 aromatic carbocycles.